The normalized spacial score (nSPS) is 11.6. The van der Waals surface area contributed by atoms with Crippen LogP contribution in [0.2, 0.25) is 0 Å². The van der Waals surface area contributed by atoms with Gasteiger partial charge in [0.15, 0.2) is 0 Å². The van der Waals surface area contributed by atoms with Crippen molar-refractivity contribution in [3.63, 3.8) is 0 Å². The minimum absolute atomic E-state index is 0.0972. The number of anilines is 1. The third kappa shape index (κ3) is 4.94. The van der Waals surface area contributed by atoms with Gasteiger partial charge in [-0.2, -0.15) is 0 Å². The fourth-order valence-electron chi connectivity index (χ4n) is 1.27. The van der Waals surface area contributed by atoms with Crippen LogP contribution in [0.4, 0.5) is 10.1 Å². The Bertz CT molecular complexity index is 347. The zero-order valence-electron chi connectivity index (χ0n) is 9.90. The van der Waals surface area contributed by atoms with Crippen LogP contribution in [0.25, 0.3) is 0 Å². The highest BCUT2D eigenvalue weighted by Gasteiger charge is 2.07. The van der Waals surface area contributed by atoms with Gasteiger partial charge in [-0.1, -0.05) is 15.9 Å². The number of halogens is 2. The molecule has 0 spiro atoms. The van der Waals surface area contributed by atoms with E-state index >= 15 is 0 Å². The van der Waals surface area contributed by atoms with Crippen LogP contribution in [0.3, 0.4) is 0 Å². The maximum absolute atomic E-state index is 13.4. The Kier molecular flexibility index (Phi) is 4.74. The van der Waals surface area contributed by atoms with E-state index in [0.717, 1.165) is 11.0 Å². The van der Waals surface area contributed by atoms with Crippen LogP contribution >= 0.6 is 15.9 Å². The molecular weight excluding hydrogens is 271 g/mol. The first-order valence-electron chi connectivity index (χ1n) is 5.32. The Balaban J connectivity index is 2.38. The predicted octanol–water partition coefficient (Wildman–Crippen LogP) is 3.39. The van der Waals surface area contributed by atoms with E-state index in [2.05, 4.69) is 47.3 Å². The largest absolute Gasteiger partial charge is 0.381 e. The molecule has 0 fully saturated rings. The molecule has 0 aliphatic carbocycles. The van der Waals surface area contributed by atoms with Gasteiger partial charge in [0.25, 0.3) is 0 Å². The van der Waals surface area contributed by atoms with E-state index in [1.807, 2.05) is 6.07 Å². The van der Waals surface area contributed by atoms with Crippen LogP contribution in [0.15, 0.2) is 22.7 Å². The van der Waals surface area contributed by atoms with Crippen LogP contribution in [-0.4, -0.2) is 18.6 Å². The topological polar surface area (TPSA) is 24.1 Å². The Hall–Kier alpha value is -0.610. The summed E-state index contributed by atoms with van der Waals surface area (Å²) in [6.45, 7) is 7.82. The predicted molar refractivity (Wildman–Crippen MR) is 70.3 cm³/mol. The minimum Gasteiger partial charge on any atom is -0.381 e. The second-order valence-corrected chi connectivity index (χ2v) is 5.64. The summed E-state index contributed by atoms with van der Waals surface area (Å²) in [5, 5.41) is 6.38. The highest BCUT2D eigenvalue weighted by molar-refractivity contribution is 9.10. The SMILES string of the molecule is CC(C)(C)NCCNc1ccc(Br)cc1F. The first kappa shape index (κ1) is 13.5. The molecule has 0 aliphatic rings. The van der Waals surface area contributed by atoms with Gasteiger partial charge in [-0.25, -0.2) is 4.39 Å². The molecule has 90 valence electrons. The average Bonchev–Trinajstić information content (AvgIpc) is 2.13. The van der Waals surface area contributed by atoms with Crippen molar-refractivity contribution in [1.82, 2.24) is 5.32 Å². The molecule has 2 nitrogen and oxygen atoms in total. The number of hydrogen-bond donors (Lipinski definition) is 2. The number of nitrogens with one attached hydrogen (secondary N) is 2. The van der Waals surface area contributed by atoms with Crippen LogP contribution in [-0.2, 0) is 0 Å². The Morgan fingerprint density at radius 2 is 1.94 bits per heavy atom. The van der Waals surface area contributed by atoms with E-state index in [0.29, 0.717) is 12.2 Å². The van der Waals surface area contributed by atoms with Gasteiger partial charge < -0.3 is 10.6 Å². The molecule has 16 heavy (non-hydrogen) atoms. The van der Waals surface area contributed by atoms with Gasteiger partial charge in [0.05, 0.1) is 5.69 Å². The lowest BCUT2D eigenvalue weighted by Crippen LogP contribution is -2.38. The van der Waals surface area contributed by atoms with E-state index in [9.17, 15) is 4.39 Å². The highest BCUT2D eigenvalue weighted by atomic mass is 79.9. The molecule has 0 unspecified atom stereocenters. The lowest BCUT2D eigenvalue weighted by Gasteiger charge is -2.20. The van der Waals surface area contributed by atoms with Crippen molar-refractivity contribution >= 4 is 21.6 Å². The van der Waals surface area contributed by atoms with Gasteiger partial charge in [0.2, 0.25) is 0 Å². The molecule has 0 heterocycles. The smallest absolute Gasteiger partial charge is 0.147 e. The third-order valence-electron chi connectivity index (χ3n) is 2.03. The van der Waals surface area contributed by atoms with Gasteiger partial charge in [0.1, 0.15) is 5.82 Å². The maximum Gasteiger partial charge on any atom is 0.147 e. The monoisotopic (exact) mass is 288 g/mol. The van der Waals surface area contributed by atoms with Crippen LogP contribution in [0.5, 0.6) is 0 Å². The van der Waals surface area contributed by atoms with Crippen molar-refractivity contribution in [2.45, 2.75) is 26.3 Å². The third-order valence-corrected chi connectivity index (χ3v) is 2.52. The second kappa shape index (κ2) is 5.64. The average molecular weight is 289 g/mol. The summed E-state index contributed by atoms with van der Waals surface area (Å²) < 4.78 is 14.2. The molecule has 4 heteroatoms. The second-order valence-electron chi connectivity index (χ2n) is 4.73. The van der Waals surface area contributed by atoms with Crippen molar-refractivity contribution in [2.75, 3.05) is 18.4 Å². The zero-order valence-corrected chi connectivity index (χ0v) is 11.5. The lowest BCUT2D eigenvalue weighted by molar-refractivity contribution is 0.435. The molecule has 0 saturated carbocycles. The molecule has 0 atom stereocenters. The molecule has 1 rings (SSSR count). The van der Waals surface area contributed by atoms with Crippen molar-refractivity contribution in [1.29, 1.82) is 0 Å². The molecule has 1 aromatic carbocycles. The van der Waals surface area contributed by atoms with E-state index in [-0.39, 0.29) is 11.4 Å². The summed E-state index contributed by atoms with van der Waals surface area (Å²) in [7, 11) is 0. The fourth-order valence-corrected chi connectivity index (χ4v) is 1.60. The molecule has 1 aromatic rings. The van der Waals surface area contributed by atoms with Crippen LogP contribution in [0, 0.1) is 5.82 Å². The number of rotatable bonds is 4. The molecule has 0 bridgehead atoms. The molecule has 0 aliphatic heterocycles. The van der Waals surface area contributed by atoms with Crippen molar-refractivity contribution in [2.24, 2.45) is 0 Å². The Morgan fingerprint density at radius 3 is 2.50 bits per heavy atom. The van der Waals surface area contributed by atoms with Crippen molar-refractivity contribution in [3.8, 4) is 0 Å². The number of hydrogen-bond acceptors (Lipinski definition) is 2. The Morgan fingerprint density at radius 1 is 1.25 bits per heavy atom. The van der Waals surface area contributed by atoms with Crippen LogP contribution in [0.1, 0.15) is 20.8 Å². The molecule has 0 aromatic heterocycles. The summed E-state index contributed by atoms with van der Waals surface area (Å²) in [5.74, 6) is -0.231. The maximum atomic E-state index is 13.4. The van der Waals surface area contributed by atoms with E-state index in [4.69, 9.17) is 0 Å². The van der Waals surface area contributed by atoms with E-state index in [1.54, 1.807) is 6.07 Å². The molecule has 0 amide bonds. The van der Waals surface area contributed by atoms with E-state index < -0.39 is 0 Å². The fraction of sp³-hybridized carbons (Fsp3) is 0.500. The van der Waals surface area contributed by atoms with Crippen molar-refractivity contribution in [3.05, 3.63) is 28.5 Å². The van der Waals surface area contributed by atoms with E-state index in [1.165, 1.54) is 6.07 Å². The van der Waals surface area contributed by atoms with Gasteiger partial charge in [-0.3, -0.25) is 0 Å². The highest BCUT2D eigenvalue weighted by Crippen LogP contribution is 2.18. The van der Waals surface area contributed by atoms with Gasteiger partial charge in [-0.05, 0) is 39.0 Å². The first-order chi connectivity index (χ1) is 7.38. The molecule has 2 N–H and O–H groups in total. The lowest BCUT2D eigenvalue weighted by atomic mass is 10.1. The number of benzene rings is 1. The summed E-state index contributed by atoms with van der Waals surface area (Å²) in [6.07, 6.45) is 0. The Labute approximate surface area is 105 Å². The summed E-state index contributed by atoms with van der Waals surface area (Å²) in [5.41, 5.74) is 0.638. The summed E-state index contributed by atoms with van der Waals surface area (Å²) >= 11 is 3.22. The van der Waals surface area contributed by atoms with Gasteiger partial charge in [0, 0.05) is 23.1 Å². The van der Waals surface area contributed by atoms with Gasteiger partial charge in [-0.15, -0.1) is 0 Å². The summed E-state index contributed by atoms with van der Waals surface area (Å²) in [6, 6.07) is 5.01. The standard InChI is InChI=1S/C12H18BrFN2/c1-12(2,3)16-7-6-15-11-5-4-9(13)8-10(11)14/h4-5,8,15-16H,6-7H2,1-3H3. The minimum atomic E-state index is -0.231. The van der Waals surface area contributed by atoms with Gasteiger partial charge >= 0.3 is 0 Å². The quantitative estimate of drug-likeness (QED) is 0.830. The molecule has 0 radical (unpaired) electrons. The molecule has 0 saturated heterocycles. The summed E-state index contributed by atoms with van der Waals surface area (Å²) in [4.78, 5) is 0. The van der Waals surface area contributed by atoms with Crippen molar-refractivity contribution < 1.29 is 4.39 Å². The van der Waals surface area contributed by atoms with Crippen LogP contribution < -0.4 is 10.6 Å². The molecular formula is C12H18BrFN2. The zero-order chi connectivity index (χ0) is 12.2. The first-order valence-corrected chi connectivity index (χ1v) is 6.12.